The SMILES string of the molecule is COC(=O)c1cc(C)nc(N2CC[C@@]3(CCN(C(=O)OC(C)(C)C)C3)C2)c1. The van der Waals surface area contributed by atoms with Gasteiger partial charge < -0.3 is 19.3 Å². The lowest BCUT2D eigenvalue weighted by Crippen LogP contribution is -2.37. The van der Waals surface area contributed by atoms with Crippen molar-refractivity contribution >= 4 is 17.9 Å². The van der Waals surface area contributed by atoms with Gasteiger partial charge in [-0.3, -0.25) is 0 Å². The molecule has 1 amide bonds. The zero-order valence-corrected chi connectivity index (χ0v) is 16.9. The molecule has 3 rings (SSSR count). The maximum Gasteiger partial charge on any atom is 0.410 e. The lowest BCUT2D eigenvalue weighted by atomic mass is 9.86. The van der Waals surface area contributed by atoms with E-state index in [1.165, 1.54) is 7.11 Å². The molecule has 27 heavy (non-hydrogen) atoms. The summed E-state index contributed by atoms with van der Waals surface area (Å²) in [5.74, 6) is 0.440. The number of nitrogens with zero attached hydrogens (tertiary/aromatic N) is 3. The molecule has 7 nitrogen and oxygen atoms in total. The minimum absolute atomic E-state index is 0.0633. The number of carbonyl (C=O) groups excluding carboxylic acids is 2. The number of carbonyl (C=O) groups is 2. The maximum absolute atomic E-state index is 12.4. The minimum atomic E-state index is -0.482. The summed E-state index contributed by atoms with van der Waals surface area (Å²) in [6.07, 6.45) is 1.72. The van der Waals surface area contributed by atoms with Crippen LogP contribution in [-0.2, 0) is 9.47 Å². The molecule has 0 N–H and O–H groups in total. The van der Waals surface area contributed by atoms with Gasteiger partial charge in [0.05, 0.1) is 12.7 Å². The van der Waals surface area contributed by atoms with Crippen LogP contribution in [0.3, 0.4) is 0 Å². The molecule has 2 fully saturated rings. The number of aromatic nitrogens is 1. The molecule has 1 atom stereocenters. The summed E-state index contributed by atoms with van der Waals surface area (Å²) < 4.78 is 10.4. The number of hydrogen-bond donors (Lipinski definition) is 0. The zero-order valence-electron chi connectivity index (χ0n) is 16.9. The fraction of sp³-hybridized carbons (Fsp3) is 0.650. The van der Waals surface area contributed by atoms with Crippen LogP contribution in [0, 0.1) is 12.3 Å². The Hall–Kier alpha value is -2.31. The van der Waals surface area contributed by atoms with Crippen LogP contribution in [0.2, 0.25) is 0 Å². The van der Waals surface area contributed by atoms with Crippen molar-refractivity contribution < 1.29 is 19.1 Å². The third kappa shape index (κ3) is 4.34. The molecule has 2 aliphatic heterocycles. The van der Waals surface area contributed by atoms with E-state index in [1.807, 2.05) is 32.6 Å². The van der Waals surface area contributed by atoms with E-state index in [-0.39, 0.29) is 17.5 Å². The molecule has 0 aliphatic carbocycles. The summed E-state index contributed by atoms with van der Waals surface area (Å²) in [5.41, 5.74) is 0.886. The van der Waals surface area contributed by atoms with Crippen molar-refractivity contribution in [2.45, 2.75) is 46.1 Å². The Morgan fingerprint density at radius 1 is 1.15 bits per heavy atom. The lowest BCUT2D eigenvalue weighted by molar-refractivity contribution is 0.0276. The van der Waals surface area contributed by atoms with Crippen LogP contribution in [0.15, 0.2) is 12.1 Å². The van der Waals surface area contributed by atoms with Crippen LogP contribution in [0.5, 0.6) is 0 Å². The van der Waals surface area contributed by atoms with Gasteiger partial charge in [-0.2, -0.15) is 0 Å². The number of hydrogen-bond acceptors (Lipinski definition) is 6. The quantitative estimate of drug-likeness (QED) is 0.740. The predicted octanol–water partition coefficient (Wildman–Crippen LogP) is 3.01. The number of ether oxygens (including phenoxy) is 2. The third-order valence-corrected chi connectivity index (χ3v) is 5.21. The van der Waals surface area contributed by atoms with Crippen LogP contribution in [-0.4, -0.2) is 60.8 Å². The Kier molecular flexibility index (Phi) is 5.06. The first kappa shape index (κ1) is 19.5. The van der Waals surface area contributed by atoms with E-state index in [9.17, 15) is 9.59 Å². The predicted molar refractivity (Wildman–Crippen MR) is 102 cm³/mol. The molecule has 2 aliphatic rings. The summed E-state index contributed by atoms with van der Waals surface area (Å²) in [7, 11) is 1.38. The topological polar surface area (TPSA) is 72.0 Å². The molecular formula is C20H29N3O4. The Morgan fingerprint density at radius 3 is 2.52 bits per heavy atom. The van der Waals surface area contributed by atoms with Gasteiger partial charge in [-0.1, -0.05) is 0 Å². The van der Waals surface area contributed by atoms with E-state index in [0.29, 0.717) is 12.1 Å². The second-order valence-electron chi connectivity index (χ2n) is 8.67. The fourth-order valence-corrected chi connectivity index (χ4v) is 3.93. The summed E-state index contributed by atoms with van der Waals surface area (Å²) in [4.78, 5) is 32.9. The van der Waals surface area contributed by atoms with E-state index in [0.717, 1.165) is 44.0 Å². The van der Waals surface area contributed by atoms with Crippen molar-refractivity contribution in [1.82, 2.24) is 9.88 Å². The molecule has 2 saturated heterocycles. The number of aryl methyl sites for hydroxylation is 1. The Labute approximate surface area is 160 Å². The van der Waals surface area contributed by atoms with Gasteiger partial charge in [-0.15, -0.1) is 0 Å². The van der Waals surface area contributed by atoms with Crippen molar-refractivity contribution in [3.8, 4) is 0 Å². The van der Waals surface area contributed by atoms with E-state index >= 15 is 0 Å². The second-order valence-corrected chi connectivity index (χ2v) is 8.67. The largest absolute Gasteiger partial charge is 0.465 e. The Balaban J connectivity index is 1.70. The highest BCUT2D eigenvalue weighted by atomic mass is 16.6. The van der Waals surface area contributed by atoms with E-state index in [1.54, 1.807) is 12.1 Å². The van der Waals surface area contributed by atoms with Gasteiger partial charge in [0.15, 0.2) is 0 Å². The van der Waals surface area contributed by atoms with Crippen molar-refractivity contribution in [3.05, 3.63) is 23.4 Å². The van der Waals surface area contributed by atoms with Crippen LogP contribution in [0.4, 0.5) is 10.6 Å². The molecule has 1 spiro atoms. The number of pyridine rings is 1. The molecule has 1 aromatic heterocycles. The highest BCUT2D eigenvalue weighted by Gasteiger charge is 2.46. The average Bonchev–Trinajstić information content (AvgIpc) is 3.19. The van der Waals surface area contributed by atoms with E-state index in [4.69, 9.17) is 9.47 Å². The Morgan fingerprint density at radius 2 is 1.85 bits per heavy atom. The van der Waals surface area contributed by atoms with Gasteiger partial charge in [0.25, 0.3) is 0 Å². The maximum atomic E-state index is 12.4. The van der Waals surface area contributed by atoms with Crippen LogP contribution < -0.4 is 4.90 Å². The molecule has 0 bridgehead atoms. The smallest absolute Gasteiger partial charge is 0.410 e. The Bertz CT molecular complexity index is 743. The van der Waals surface area contributed by atoms with Crippen molar-refractivity contribution in [2.75, 3.05) is 38.2 Å². The molecule has 1 aromatic rings. The number of rotatable bonds is 2. The van der Waals surface area contributed by atoms with E-state index in [2.05, 4.69) is 9.88 Å². The summed E-state index contributed by atoms with van der Waals surface area (Å²) in [6, 6.07) is 3.53. The molecule has 3 heterocycles. The van der Waals surface area contributed by atoms with Crippen LogP contribution >= 0.6 is 0 Å². The van der Waals surface area contributed by atoms with Gasteiger partial charge in [0.2, 0.25) is 0 Å². The van der Waals surface area contributed by atoms with Gasteiger partial charge in [0, 0.05) is 37.3 Å². The van der Waals surface area contributed by atoms with Crippen LogP contribution in [0.25, 0.3) is 0 Å². The van der Waals surface area contributed by atoms with Crippen molar-refractivity contribution in [3.63, 3.8) is 0 Å². The first-order valence-electron chi connectivity index (χ1n) is 9.41. The van der Waals surface area contributed by atoms with Gasteiger partial charge in [-0.05, 0) is 52.7 Å². The average molecular weight is 375 g/mol. The number of methoxy groups -OCH3 is 1. The fourth-order valence-electron chi connectivity index (χ4n) is 3.93. The summed E-state index contributed by atoms with van der Waals surface area (Å²) in [5, 5.41) is 0. The van der Waals surface area contributed by atoms with Crippen LogP contribution in [0.1, 0.15) is 49.7 Å². The number of anilines is 1. The molecule has 7 heteroatoms. The highest BCUT2D eigenvalue weighted by Crippen LogP contribution is 2.41. The minimum Gasteiger partial charge on any atom is -0.465 e. The third-order valence-electron chi connectivity index (χ3n) is 5.21. The van der Waals surface area contributed by atoms with Gasteiger partial charge in [0.1, 0.15) is 11.4 Å². The molecule has 0 unspecified atom stereocenters. The summed E-state index contributed by atoms with van der Waals surface area (Å²) in [6.45, 7) is 10.6. The summed E-state index contributed by atoms with van der Waals surface area (Å²) >= 11 is 0. The number of esters is 1. The molecular weight excluding hydrogens is 346 g/mol. The molecule has 0 aromatic carbocycles. The molecule has 0 radical (unpaired) electrons. The normalized spacial score (nSPS) is 22.4. The van der Waals surface area contributed by atoms with E-state index < -0.39 is 5.60 Å². The standard InChI is InChI=1S/C20H29N3O4/c1-14-10-15(17(24)26-5)11-16(21-14)22-8-6-20(12-22)7-9-23(13-20)18(25)27-19(2,3)4/h10-11H,6-9,12-13H2,1-5H3/t20-/m1/s1. The first-order valence-corrected chi connectivity index (χ1v) is 9.41. The monoisotopic (exact) mass is 375 g/mol. The highest BCUT2D eigenvalue weighted by molar-refractivity contribution is 5.90. The van der Waals surface area contributed by atoms with Crippen molar-refractivity contribution in [2.24, 2.45) is 5.41 Å². The van der Waals surface area contributed by atoms with Gasteiger partial charge in [-0.25, -0.2) is 14.6 Å². The number of amides is 1. The first-order chi connectivity index (χ1) is 12.6. The van der Waals surface area contributed by atoms with Crippen molar-refractivity contribution in [1.29, 1.82) is 0 Å². The zero-order chi connectivity index (χ0) is 19.8. The lowest BCUT2D eigenvalue weighted by Gasteiger charge is -2.27. The molecule has 148 valence electrons. The number of likely N-dealkylation sites (tertiary alicyclic amines) is 1. The second kappa shape index (κ2) is 7.02. The van der Waals surface area contributed by atoms with Gasteiger partial charge >= 0.3 is 12.1 Å². The molecule has 0 saturated carbocycles.